The van der Waals surface area contributed by atoms with Crippen molar-refractivity contribution in [3.8, 4) is 0 Å². The zero-order valence-corrected chi connectivity index (χ0v) is 13.0. The Hall–Kier alpha value is -2.71. The Morgan fingerprint density at radius 2 is 1.91 bits per heavy atom. The molecule has 0 fully saturated rings. The fourth-order valence-corrected chi connectivity index (χ4v) is 2.74. The molecule has 0 spiro atoms. The summed E-state index contributed by atoms with van der Waals surface area (Å²) < 4.78 is 22.5. The molecule has 2 heterocycles. The number of sulfonamides is 1. The van der Waals surface area contributed by atoms with E-state index >= 15 is 0 Å². The first-order valence-electron chi connectivity index (χ1n) is 6.74. The number of rotatable bonds is 3. The summed E-state index contributed by atoms with van der Waals surface area (Å²) in [4.78, 5) is 15.5. The molecule has 8 heteroatoms. The van der Waals surface area contributed by atoms with Gasteiger partial charge in [-0.1, -0.05) is 0 Å². The van der Waals surface area contributed by atoms with Crippen LogP contribution in [0.15, 0.2) is 58.2 Å². The number of H-pyrrole nitrogens is 1. The minimum absolute atomic E-state index is 0.0178. The fraction of sp³-hybridized carbons (Fsp3) is 0.0667. The van der Waals surface area contributed by atoms with Crippen LogP contribution in [0.4, 0.5) is 5.69 Å². The van der Waals surface area contributed by atoms with Crippen LogP contribution in [-0.4, -0.2) is 25.0 Å². The predicted octanol–water partition coefficient (Wildman–Crippen LogP) is 1.47. The van der Waals surface area contributed by atoms with Crippen LogP contribution in [0, 0.1) is 0 Å². The van der Waals surface area contributed by atoms with Crippen molar-refractivity contribution in [2.24, 2.45) is 10.2 Å². The molecule has 23 heavy (non-hydrogen) atoms. The van der Waals surface area contributed by atoms with E-state index in [0.717, 1.165) is 5.69 Å². The first-order valence-corrected chi connectivity index (χ1v) is 8.29. The number of hydrogen-bond acceptors (Lipinski definition) is 4. The van der Waals surface area contributed by atoms with Gasteiger partial charge in [-0.15, -0.1) is 0 Å². The SMILES string of the molecule is CC1=NN(c2ccc(S(N)(=O)=O)cc2)C(=O)/C1=C\c1ccc[nH]1. The molecule has 3 N–H and O–H groups in total. The molecule has 0 atom stereocenters. The Morgan fingerprint density at radius 3 is 2.48 bits per heavy atom. The highest BCUT2D eigenvalue weighted by Crippen LogP contribution is 2.25. The van der Waals surface area contributed by atoms with E-state index in [2.05, 4.69) is 10.1 Å². The molecule has 1 aliphatic rings. The number of nitrogens with one attached hydrogen (secondary N) is 1. The average molecular weight is 330 g/mol. The average Bonchev–Trinajstić information content (AvgIpc) is 3.10. The van der Waals surface area contributed by atoms with Crippen molar-refractivity contribution >= 4 is 33.4 Å². The molecule has 0 aliphatic carbocycles. The number of nitrogens with two attached hydrogens (primary N) is 1. The lowest BCUT2D eigenvalue weighted by molar-refractivity contribution is -0.114. The Labute approximate surface area is 133 Å². The topological polar surface area (TPSA) is 109 Å². The lowest BCUT2D eigenvalue weighted by atomic mass is 10.1. The first kappa shape index (κ1) is 15.2. The smallest absolute Gasteiger partial charge is 0.280 e. The molecular weight excluding hydrogens is 316 g/mol. The highest BCUT2D eigenvalue weighted by molar-refractivity contribution is 7.89. The van der Waals surface area contributed by atoms with E-state index in [-0.39, 0.29) is 10.8 Å². The third kappa shape index (κ3) is 2.94. The van der Waals surface area contributed by atoms with Crippen molar-refractivity contribution in [1.82, 2.24) is 4.98 Å². The van der Waals surface area contributed by atoms with Crippen LogP contribution in [0.3, 0.4) is 0 Å². The van der Waals surface area contributed by atoms with E-state index in [0.29, 0.717) is 17.0 Å². The maximum Gasteiger partial charge on any atom is 0.280 e. The molecule has 0 radical (unpaired) electrons. The first-order chi connectivity index (χ1) is 10.9. The molecule has 0 unspecified atom stereocenters. The van der Waals surface area contributed by atoms with E-state index in [1.54, 1.807) is 19.2 Å². The number of amides is 1. The largest absolute Gasteiger partial charge is 0.362 e. The fourth-order valence-electron chi connectivity index (χ4n) is 2.23. The van der Waals surface area contributed by atoms with Gasteiger partial charge < -0.3 is 4.98 Å². The highest BCUT2D eigenvalue weighted by atomic mass is 32.2. The normalized spacial score (nSPS) is 17.0. The van der Waals surface area contributed by atoms with Crippen LogP contribution in [0.2, 0.25) is 0 Å². The number of hydrazone groups is 1. The molecule has 0 bridgehead atoms. The molecule has 118 valence electrons. The van der Waals surface area contributed by atoms with Crippen molar-refractivity contribution < 1.29 is 13.2 Å². The van der Waals surface area contributed by atoms with Crippen LogP contribution in [-0.2, 0) is 14.8 Å². The number of carbonyl (C=O) groups excluding carboxylic acids is 1. The summed E-state index contributed by atoms with van der Waals surface area (Å²) in [5, 5.41) is 10.5. The Kier molecular flexibility index (Phi) is 3.63. The summed E-state index contributed by atoms with van der Waals surface area (Å²) in [6, 6.07) is 9.35. The zero-order chi connectivity index (χ0) is 16.6. The Morgan fingerprint density at radius 1 is 1.22 bits per heavy atom. The second-order valence-corrected chi connectivity index (χ2v) is 6.59. The molecule has 1 aliphatic heterocycles. The minimum Gasteiger partial charge on any atom is -0.362 e. The van der Waals surface area contributed by atoms with Gasteiger partial charge in [0, 0.05) is 11.9 Å². The summed E-state index contributed by atoms with van der Waals surface area (Å²) in [6.07, 6.45) is 3.49. The molecular formula is C15H14N4O3S. The minimum atomic E-state index is -3.77. The summed E-state index contributed by atoms with van der Waals surface area (Å²) in [5.41, 5.74) is 2.33. The maximum absolute atomic E-state index is 12.5. The van der Waals surface area contributed by atoms with Crippen LogP contribution < -0.4 is 10.1 Å². The number of primary sulfonamides is 1. The van der Waals surface area contributed by atoms with Gasteiger partial charge in [-0.2, -0.15) is 10.1 Å². The van der Waals surface area contributed by atoms with Crippen molar-refractivity contribution in [3.63, 3.8) is 0 Å². The number of benzene rings is 1. The second kappa shape index (κ2) is 5.49. The van der Waals surface area contributed by atoms with Gasteiger partial charge in [0.05, 0.1) is 21.9 Å². The molecule has 0 saturated carbocycles. The van der Waals surface area contributed by atoms with E-state index in [1.165, 1.54) is 29.3 Å². The van der Waals surface area contributed by atoms with E-state index in [1.807, 2.05) is 12.1 Å². The van der Waals surface area contributed by atoms with Crippen LogP contribution in [0.1, 0.15) is 12.6 Å². The van der Waals surface area contributed by atoms with Gasteiger partial charge in [-0.25, -0.2) is 13.6 Å². The van der Waals surface area contributed by atoms with Crippen LogP contribution in [0.5, 0.6) is 0 Å². The molecule has 1 aromatic carbocycles. The molecule has 7 nitrogen and oxygen atoms in total. The van der Waals surface area contributed by atoms with Gasteiger partial charge in [0.15, 0.2) is 0 Å². The maximum atomic E-state index is 12.5. The molecule has 1 aromatic heterocycles. The van der Waals surface area contributed by atoms with Gasteiger partial charge in [-0.3, -0.25) is 4.79 Å². The van der Waals surface area contributed by atoms with Gasteiger partial charge >= 0.3 is 0 Å². The highest BCUT2D eigenvalue weighted by Gasteiger charge is 2.28. The van der Waals surface area contributed by atoms with E-state index in [4.69, 9.17) is 5.14 Å². The van der Waals surface area contributed by atoms with Gasteiger partial charge in [0.25, 0.3) is 5.91 Å². The van der Waals surface area contributed by atoms with E-state index in [9.17, 15) is 13.2 Å². The van der Waals surface area contributed by atoms with Crippen molar-refractivity contribution in [2.45, 2.75) is 11.8 Å². The van der Waals surface area contributed by atoms with Crippen LogP contribution in [0.25, 0.3) is 6.08 Å². The van der Waals surface area contributed by atoms with Crippen molar-refractivity contribution in [2.75, 3.05) is 5.01 Å². The monoisotopic (exact) mass is 330 g/mol. The zero-order valence-electron chi connectivity index (χ0n) is 12.2. The quantitative estimate of drug-likeness (QED) is 0.832. The summed E-state index contributed by atoms with van der Waals surface area (Å²) >= 11 is 0. The lowest BCUT2D eigenvalue weighted by Crippen LogP contribution is -2.21. The van der Waals surface area contributed by atoms with Gasteiger partial charge in [0.1, 0.15) is 0 Å². The Bertz CT molecular complexity index is 910. The number of aromatic amines is 1. The van der Waals surface area contributed by atoms with Gasteiger partial charge in [-0.05, 0) is 49.4 Å². The number of anilines is 1. The standard InChI is InChI=1S/C15H14N4O3S/c1-10-14(9-11-3-2-8-17-11)15(20)19(18-10)12-4-6-13(7-5-12)23(16,21)22/h2-9,17H,1H3,(H2,16,21,22)/b14-9-. The number of aromatic nitrogens is 1. The Balaban J connectivity index is 1.92. The van der Waals surface area contributed by atoms with Crippen molar-refractivity contribution in [1.29, 1.82) is 0 Å². The van der Waals surface area contributed by atoms with Crippen LogP contribution >= 0.6 is 0 Å². The van der Waals surface area contributed by atoms with E-state index < -0.39 is 10.0 Å². The third-order valence-electron chi connectivity index (χ3n) is 3.39. The third-order valence-corrected chi connectivity index (χ3v) is 4.32. The number of carbonyl (C=O) groups is 1. The summed E-state index contributed by atoms with van der Waals surface area (Å²) in [6.45, 7) is 1.74. The molecule has 0 saturated heterocycles. The molecule has 3 rings (SSSR count). The summed E-state index contributed by atoms with van der Waals surface area (Å²) in [7, 11) is -3.77. The van der Waals surface area contributed by atoms with Gasteiger partial charge in [0.2, 0.25) is 10.0 Å². The predicted molar refractivity (Wildman–Crippen MR) is 87.2 cm³/mol. The number of hydrogen-bond donors (Lipinski definition) is 2. The summed E-state index contributed by atoms with van der Waals surface area (Å²) in [5.74, 6) is -0.277. The number of nitrogens with zero attached hydrogens (tertiary/aromatic N) is 2. The lowest BCUT2D eigenvalue weighted by Gasteiger charge is -2.12. The molecule has 2 aromatic rings. The van der Waals surface area contributed by atoms with Crippen molar-refractivity contribution in [3.05, 3.63) is 53.9 Å². The second-order valence-electron chi connectivity index (χ2n) is 5.02. The molecule has 1 amide bonds.